The highest BCUT2D eigenvalue weighted by Crippen LogP contribution is 2.19. The smallest absolute Gasteiger partial charge is 0.155 e. The summed E-state index contributed by atoms with van der Waals surface area (Å²) in [6.07, 6.45) is 0. The van der Waals surface area contributed by atoms with Gasteiger partial charge in [-0.25, -0.2) is 0 Å². The van der Waals surface area contributed by atoms with Gasteiger partial charge >= 0.3 is 0 Å². The maximum Gasteiger partial charge on any atom is 0.155 e. The van der Waals surface area contributed by atoms with Gasteiger partial charge in [0.2, 0.25) is 0 Å². The SMILES string of the molecule is ClC[N+]12CCN(CC1)CC2.[Br-]. The number of hydrogen-bond donors (Lipinski definition) is 0. The molecule has 3 heterocycles. The van der Waals surface area contributed by atoms with Crippen LogP contribution in [0.4, 0.5) is 0 Å². The number of nitrogens with zero attached hydrogens (tertiary/aromatic N) is 2. The molecule has 66 valence electrons. The third kappa shape index (κ3) is 1.72. The molecule has 2 bridgehead atoms. The molecular weight excluding hydrogens is 227 g/mol. The summed E-state index contributed by atoms with van der Waals surface area (Å²) in [4.78, 5) is 2.53. The highest BCUT2D eigenvalue weighted by atomic mass is 79.9. The first-order chi connectivity index (χ1) is 4.85. The van der Waals surface area contributed by atoms with E-state index in [0.29, 0.717) is 0 Å². The fourth-order valence-electron chi connectivity index (χ4n) is 1.91. The van der Waals surface area contributed by atoms with Crippen molar-refractivity contribution in [1.29, 1.82) is 0 Å². The van der Waals surface area contributed by atoms with Crippen molar-refractivity contribution in [2.45, 2.75) is 0 Å². The van der Waals surface area contributed by atoms with Gasteiger partial charge in [0, 0.05) is 19.6 Å². The largest absolute Gasteiger partial charge is 1.00 e. The van der Waals surface area contributed by atoms with E-state index in [1.165, 1.54) is 43.8 Å². The Morgan fingerprint density at radius 1 is 1.09 bits per heavy atom. The van der Waals surface area contributed by atoms with Crippen molar-refractivity contribution < 1.29 is 21.5 Å². The number of fused-ring (bicyclic) bond motifs is 3. The predicted octanol–water partition coefficient (Wildman–Crippen LogP) is -2.67. The van der Waals surface area contributed by atoms with Gasteiger partial charge in [0.05, 0.1) is 19.6 Å². The summed E-state index contributed by atoms with van der Waals surface area (Å²) < 4.78 is 1.18. The highest BCUT2D eigenvalue weighted by molar-refractivity contribution is 6.17. The van der Waals surface area contributed by atoms with E-state index in [1.807, 2.05) is 0 Å². The van der Waals surface area contributed by atoms with Crippen molar-refractivity contribution in [3.63, 3.8) is 0 Å². The minimum Gasteiger partial charge on any atom is -1.00 e. The first-order valence-corrected chi connectivity index (χ1v) is 4.52. The lowest BCUT2D eigenvalue weighted by atomic mass is 10.2. The Hall–Kier alpha value is 0.690. The molecule has 0 aromatic heterocycles. The number of rotatable bonds is 1. The molecule has 0 amide bonds. The lowest BCUT2D eigenvalue weighted by molar-refractivity contribution is -0.930. The van der Waals surface area contributed by atoms with Crippen LogP contribution in [0.5, 0.6) is 0 Å². The minimum absolute atomic E-state index is 0. The van der Waals surface area contributed by atoms with E-state index in [0.717, 1.165) is 6.00 Å². The monoisotopic (exact) mass is 240 g/mol. The fourth-order valence-corrected chi connectivity index (χ4v) is 2.27. The molecule has 3 aliphatic heterocycles. The maximum atomic E-state index is 5.92. The van der Waals surface area contributed by atoms with Crippen LogP contribution in [-0.2, 0) is 0 Å². The minimum atomic E-state index is 0. The summed E-state index contributed by atoms with van der Waals surface area (Å²) in [5.74, 6) is 0. The topological polar surface area (TPSA) is 3.24 Å². The Labute approximate surface area is 83.5 Å². The Balaban J connectivity index is 0.000000605. The van der Waals surface area contributed by atoms with Gasteiger partial charge in [-0.05, 0) is 0 Å². The van der Waals surface area contributed by atoms with E-state index >= 15 is 0 Å². The zero-order valence-corrected chi connectivity index (χ0v) is 8.94. The van der Waals surface area contributed by atoms with Gasteiger partial charge < -0.3 is 21.5 Å². The molecule has 3 saturated heterocycles. The molecule has 0 saturated carbocycles. The number of alkyl halides is 1. The average molecular weight is 242 g/mol. The third-order valence-electron chi connectivity index (χ3n) is 2.93. The van der Waals surface area contributed by atoms with Crippen LogP contribution < -0.4 is 17.0 Å². The average Bonchev–Trinajstić information content (AvgIpc) is 2.08. The summed E-state index contributed by atoms with van der Waals surface area (Å²) in [6, 6.07) is 0.827. The Morgan fingerprint density at radius 3 is 1.82 bits per heavy atom. The fraction of sp³-hybridized carbons (Fsp3) is 1.00. The first-order valence-electron chi connectivity index (χ1n) is 3.98. The molecule has 0 radical (unpaired) electrons. The molecule has 3 fully saturated rings. The first kappa shape index (κ1) is 9.78. The summed E-state index contributed by atoms with van der Waals surface area (Å²) >= 11 is 5.92. The van der Waals surface area contributed by atoms with Gasteiger partial charge in [0.25, 0.3) is 0 Å². The normalized spacial score (nSPS) is 41.7. The van der Waals surface area contributed by atoms with Gasteiger partial charge in [-0.2, -0.15) is 0 Å². The van der Waals surface area contributed by atoms with Crippen molar-refractivity contribution in [1.82, 2.24) is 4.90 Å². The van der Waals surface area contributed by atoms with Crippen molar-refractivity contribution in [3.05, 3.63) is 0 Å². The molecule has 3 aliphatic rings. The molecule has 0 atom stereocenters. The molecule has 0 aromatic carbocycles. The van der Waals surface area contributed by atoms with Crippen LogP contribution in [0.15, 0.2) is 0 Å². The molecular formula is C7H14BrClN2. The van der Waals surface area contributed by atoms with E-state index in [-0.39, 0.29) is 17.0 Å². The lowest BCUT2D eigenvalue weighted by Gasteiger charge is -2.49. The van der Waals surface area contributed by atoms with E-state index in [2.05, 4.69) is 4.90 Å². The van der Waals surface area contributed by atoms with Gasteiger partial charge in [0.15, 0.2) is 6.00 Å². The molecule has 0 aromatic rings. The molecule has 2 nitrogen and oxygen atoms in total. The summed E-state index contributed by atoms with van der Waals surface area (Å²) in [5.41, 5.74) is 0. The lowest BCUT2D eigenvalue weighted by Crippen LogP contribution is -3.00. The van der Waals surface area contributed by atoms with Crippen LogP contribution in [0.25, 0.3) is 0 Å². The second kappa shape index (κ2) is 3.60. The van der Waals surface area contributed by atoms with E-state index in [1.54, 1.807) is 0 Å². The second-order valence-corrected chi connectivity index (χ2v) is 3.71. The molecule has 0 unspecified atom stereocenters. The quantitative estimate of drug-likeness (QED) is 0.275. The van der Waals surface area contributed by atoms with E-state index in [9.17, 15) is 0 Å². The Bertz CT molecular complexity index is 121. The van der Waals surface area contributed by atoms with E-state index in [4.69, 9.17) is 11.6 Å². The van der Waals surface area contributed by atoms with Crippen molar-refractivity contribution in [2.75, 3.05) is 45.3 Å². The number of halogens is 2. The summed E-state index contributed by atoms with van der Waals surface area (Å²) in [6.45, 7) is 7.66. The number of quaternary nitrogens is 1. The molecule has 0 N–H and O–H groups in total. The van der Waals surface area contributed by atoms with Crippen LogP contribution in [0.1, 0.15) is 0 Å². The standard InChI is InChI=1S/C7H14ClN2.BrH/c8-7-10-4-1-9(2-5-10)3-6-10;/h1-7H2;1H/q+1;/p-1. The van der Waals surface area contributed by atoms with Gasteiger partial charge in [-0.1, -0.05) is 11.6 Å². The Morgan fingerprint density at radius 2 is 1.55 bits per heavy atom. The molecule has 0 aliphatic carbocycles. The molecule has 3 rings (SSSR count). The molecule has 0 spiro atoms. The van der Waals surface area contributed by atoms with Crippen LogP contribution >= 0.6 is 11.6 Å². The van der Waals surface area contributed by atoms with Crippen LogP contribution in [0.2, 0.25) is 0 Å². The summed E-state index contributed by atoms with van der Waals surface area (Å²) in [5, 5.41) is 0. The van der Waals surface area contributed by atoms with Gasteiger partial charge in [0.1, 0.15) is 0 Å². The third-order valence-corrected chi connectivity index (χ3v) is 3.43. The zero-order chi connectivity index (χ0) is 7.03. The van der Waals surface area contributed by atoms with E-state index < -0.39 is 0 Å². The maximum absolute atomic E-state index is 5.92. The summed E-state index contributed by atoms with van der Waals surface area (Å²) in [7, 11) is 0. The van der Waals surface area contributed by atoms with Crippen LogP contribution in [0, 0.1) is 0 Å². The molecule has 4 heteroatoms. The zero-order valence-electron chi connectivity index (χ0n) is 6.60. The number of piperazine rings is 3. The molecule has 11 heavy (non-hydrogen) atoms. The van der Waals surface area contributed by atoms with Crippen molar-refractivity contribution in [2.24, 2.45) is 0 Å². The van der Waals surface area contributed by atoms with Gasteiger partial charge in [-0.3, -0.25) is 4.90 Å². The highest BCUT2D eigenvalue weighted by Gasteiger charge is 2.37. The van der Waals surface area contributed by atoms with Crippen molar-refractivity contribution >= 4 is 11.6 Å². The van der Waals surface area contributed by atoms with Crippen molar-refractivity contribution in [3.8, 4) is 0 Å². The predicted molar refractivity (Wildman–Crippen MR) is 42.0 cm³/mol. The second-order valence-electron chi connectivity index (χ2n) is 3.47. The Kier molecular flexibility index (Phi) is 3.20. The van der Waals surface area contributed by atoms with Crippen LogP contribution in [-0.4, -0.2) is 54.7 Å². The number of hydrogen-bond acceptors (Lipinski definition) is 1. The van der Waals surface area contributed by atoms with Gasteiger partial charge in [-0.15, -0.1) is 0 Å². The van der Waals surface area contributed by atoms with Crippen LogP contribution in [0.3, 0.4) is 0 Å².